The number of ketones is 1. The van der Waals surface area contributed by atoms with E-state index >= 15 is 0 Å². The number of methoxy groups -OCH3 is 1. The lowest BCUT2D eigenvalue weighted by molar-refractivity contribution is 0.0991. The maximum Gasteiger partial charge on any atom is 0.168 e. The molecule has 104 valence electrons. The Morgan fingerprint density at radius 2 is 2.10 bits per heavy atom. The highest BCUT2D eigenvalue weighted by molar-refractivity contribution is 6.31. The fourth-order valence-electron chi connectivity index (χ4n) is 1.90. The Labute approximate surface area is 121 Å². The molecule has 0 aliphatic rings. The Hall–Kier alpha value is -2.07. The van der Waals surface area contributed by atoms with Crippen LogP contribution in [0.1, 0.15) is 15.9 Å². The first-order valence-corrected chi connectivity index (χ1v) is 6.29. The Morgan fingerprint density at radius 3 is 2.75 bits per heavy atom. The summed E-state index contributed by atoms with van der Waals surface area (Å²) < 4.78 is 18.9. The highest BCUT2D eigenvalue weighted by Gasteiger charge is 2.14. The number of halogens is 2. The van der Waals surface area contributed by atoms with E-state index in [2.05, 4.69) is 0 Å². The van der Waals surface area contributed by atoms with Gasteiger partial charge in [-0.25, -0.2) is 4.39 Å². The molecule has 0 saturated heterocycles. The van der Waals surface area contributed by atoms with Crippen molar-refractivity contribution >= 4 is 23.1 Å². The van der Waals surface area contributed by atoms with E-state index in [9.17, 15) is 9.18 Å². The molecule has 0 aromatic heterocycles. The van der Waals surface area contributed by atoms with Crippen LogP contribution in [-0.4, -0.2) is 12.9 Å². The molecule has 0 radical (unpaired) electrons. The van der Waals surface area contributed by atoms with Crippen LogP contribution in [0.5, 0.6) is 5.75 Å². The summed E-state index contributed by atoms with van der Waals surface area (Å²) in [5.74, 6) is -0.675. The lowest BCUT2D eigenvalue weighted by Gasteiger charge is -2.07. The summed E-state index contributed by atoms with van der Waals surface area (Å²) in [4.78, 5) is 12.1. The van der Waals surface area contributed by atoms with Crippen LogP contribution in [0.15, 0.2) is 36.4 Å². The zero-order valence-corrected chi connectivity index (χ0v) is 11.6. The van der Waals surface area contributed by atoms with Crippen molar-refractivity contribution in [3.8, 4) is 5.75 Å². The van der Waals surface area contributed by atoms with Gasteiger partial charge in [0.05, 0.1) is 7.11 Å². The summed E-state index contributed by atoms with van der Waals surface area (Å²) in [5.41, 5.74) is 6.66. The molecule has 2 rings (SSSR count). The number of carbonyl (C=O) groups excluding carboxylic acids is 1. The first-order chi connectivity index (χ1) is 9.51. The van der Waals surface area contributed by atoms with E-state index in [1.54, 1.807) is 18.2 Å². The number of hydrogen-bond acceptors (Lipinski definition) is 3. The largest absolute Gasteiger partial charge is 0.494 e. The van der Waals surface area contributed by atoms with Crippen molar-refractivity contribution < 1.29 is 13.9 Å². The summed E-state index contributed by atoms with van der Waals surface area (Å²) >= 11 is 5.85. The average Bonchev–Trinajstić information content (AvgIpc) is 2.40. The highest BCUT2D eigenvalue weighted by Crippen LogP contribution is 2.23. The van der Waals surface area contributed by atoms with Crippen molar-refractivity contribution in [3.05, 3.63) is 58.4 Å². The van der Waals surface area contributed by atoms with Crippen molar-refractivity contribution in [3.63, 3.8) is 0 Å². The number of nitrogen functional groups attached to an aromatic ring is 1. The maximum atomic E-state index is 14.0. The number of benzene rings is 2. The van der Waals surface area contributed by atoms with Gasteiger partial charge in [-0.15, -0.1) is 0 Å². The van der Waals surface area contributed by atoms with Gasteiger partial charge < -0.3 is 10.5 Å². The van der Waals surface area contributed by atoms with Crippen LogP contribution >= 0.6 is 11.6 Å². The van der Waals surface area contributed by atoms with Crippen molar-refractivity contribution in [2.75, 3.05) is 12.8 Å². The SMILES string of the molecule is COc1cccc(CC(=O)c2cc(N)cc(Cl)c2)c1F. The van der Waals surface area contributed by atoms with Crippen LogP contribution in [0, 0.1) is 5.82 Å². The third kappa shape index (κ3) is 3.08. The molecular formula is C15H13ClFNO2. The number of hydrogen-bond donors (Lipinski definition) is 1. The molecule has 20 heavy (non-hydrogen) atoms. The van der Waals surface area contributed by atoms with Gasteiger partial charge in [0.25, 0.3) is 0 Å². The molecule has 0 bridgehead atoms. The van der Waals surface area contributed by atoms with Crippen LogP contribution in [0.2, 0.25) is 5.02 Å². The van der Waals surface area contributed by atoms with Crippen LogP contribution in [0.3, 0.4) is 0 Å². The van der Waals surface area contributed by atoms with E-state index in [0.29, 0.717) is 16.3 Å². The van der Waals surface area contributed by atoms with Gasteiger partial charge in [-0.2, -0.15) is 0 Å². The summed E-state index contributed by atoms with van der Waals surface area (Å²) in [7, 11) is 1.38. The normalized spacial score (nSPS) is 10.3. The summed E-state index contributed by atoms with van der Waals surface area (Å²) in [6, 6.07) is 9.26. The minimum atomic E-state index is -0.529. The van der Waals surface area contributed by atoms with Crippen LogP contribution < -0.4 is 10.5 Å². The summed E-state index contributed by atoms with van der Waals surface area (Å²) in [6.07, 6.45) is -0.0805. The molecule has 0 unspecified atom stereocenters. The molecule has 2 aromatic carbocycles. The van der Waals surface area contributed by atoms with E-state index < -0.39 is 5.82 Å². The van der Waals surface area contributed by atoms with E-state index in [1.165, 1.54) is 25.3 Å². The summed E-state index contributed by atoms with van der Waals surface area (Å²) in [5, 5.41) is 0.375. The molecule has 5 heteroatoms. The maximum absolute atomic E-state index is 14.0. The number of anilines is 1. The predicted octanol–water partition coefficient (Wildman–Crippen LogP) is 3.50. The molecule has 0 amide bonds. The molecule has 0 aliphatic carbocycles. The zero-order chi connectivity index (χ0) is 14.7. The van der Waals surface area contributed by atoms with Crippen molar-refractivity contribution in [1.29, 1.82) is 0 Å². The minimum absolute atomic E-state index is 0.0805. The fraction of sp³-hybridized carbons (Fsp3) is 0.133. The van der Waals surface area contributed by atoms with E-state index in [-0.39, 0.29) is 23.5 Å². The molecule has 0 heterocycles. The molecule has 0 atom stereocenters. The number of carbonyl (C=O) groups is 1. The fourth-order valence-corrected chi connectivity index (χ4v) is 2.14. The third-order valence-corrected chi connectivity index (χ3v) is 3.07. The molecular weight excluding hydrogens is 281 g/mol. The first-order valence-electron chi connectivity index (χ1n) is 5.92. The quantitative estimate of drug-likeness (QED) is 0.693. The molecule has 2 N–H and O–H groups in total. The van der Waals surface area contributed by atoms with Gasteiger partial charge >= 0.3 is 0 Å². The second-order valence-corrected chi connectivity index (χ2v) is 4.74. The van der Waals surface area contributed by atoms with Gasteiger partial charge in [0, 0.05) is 22.7 Å². The minimum Gasteiger partial charge on any atom is -0.494 e. The molecule has 2 aromatic rings. The molecule has 0 spiro atoms. The van der Waals surface area contributed by atoms with Crippen molar-refractivity contribution in [2.24, 2.45) is 0 Å². The van der Waals surface area contributed by atoms with Crippen LogP contribution in [0.4, 0.5) is 10.1 Å². The van der Waals surface area contributed by atoms with E-state index in [1.807, 2.05) is 0 Å². The Balaban J connectivity index is 2.28. The number of Topliss-reactive ketones (excluding diaryl/α,β-unsaturated/α-hetero) is 1. The smallest absolute Gasteiger partial charge is 0.168 e. The van der Waals surface area contributed by atoms with Crippen molar-refractivity contribution in [2.45, 2.75) is 6.42 Å². The number of nitrogens with two attached hydrogens (primary N) is 1. The zero-order valence-electron chi connectivity index (χ0n) is 10.8. The van der Waals surface area contributed by atoms with Gasteiger partial charge in [0.15, 0.2) is 17.3 Å². The van der Waals surface area contributed by atoms with Gasteiger partial charge in [-0.3, -0.25) is 4.79 Å². The van der Waals surface area contributed by atoms with Gasteiger partial charge in [-0.05, 0) is 29.8 Å². The molecule has 0 saturated carbocycles. The lowest BCUT2D eigenvalue weighted by Crippen LogP contribution is -2.06. The Bertz CT molecular complexity index is 638. The second kappa shape index (κ2) is 5.92. The van der Waals surface area contributed by atoms with Crippen LogP contribution in [-0.2, 0) is 6.42 Å². The van der Waals surface area contributed by atoms with Crippen molar-refractivity contribution in [1.82, 2.24) is 0 Å². The predicted molar refractivity (Wildman–Crippen MR) is 76.9 cm³/mol. The number of rotatable bonds is 4. The number of ether oxygens (including phenoxy) is 1. The standard InChI is InChI=1S/C15H13ClFNO2/c1-20-14-4-2-3-9(15(14)17)7-13(19)10-5-11(16)8-12(18)6-10/h2-6,8H,7,18H2,1H3. The monoisotopic (exact) mass is 293 g/mol. The Morgan fingerprint density at radius 1 is 1.35 bits per heavy atom. The highest BCUT2D eigenvalue weighted by atomic mass is 35.5. The molecule has 0 aliphatic heterocycles. The van der Waals surface area contributed by atoms with Crippen LogP contribution in [0.25, 0.3) is 0 Å². The van der Waals surface area contributed by atoms with Gasteiger partial charge in [-0.1, -0.05) is 23.7 Å². The summed E-state index contributed by atoms with van der Waals surface area (Å²) in [6.45, 7) is 0. The third-order valence-electron chi connectivity index (χ3n) is 2.86. The van der Waals surface area contributed by atoms with Gasteiger partial charge in [0.1, 0.15) is 0 Å². The average molecular weight is 294 g/mol. The second-order valence-electron chi connectivity index (χ2n) is 4.31. The topological polar surface area (TPSA) is 52.3 Å². The first kappa shape index (κ1) is 14.3. The Kier molecular flexibility index (Phi) is 4.25. The van der Waals surface area contributed by atoms with Gasteiger partial charge in [0.2, 0.25) is 0 Å². The molecule has 3 nitrogen and oxygen atoms in total. The lowest BCUT2D eigenvalue weighted by atomic mass is 10.0. The molecule has 0 fully saturated rings. The van der Waals surface area contributed by atoms with E-state index in [4.69, 9.17) is 22.1 Å². The van der Waals surface area contributed by atoms with E-state index in [0.717, 1.165) is 0 Å².